The van der Waals surface area contributed by atoms with Crippen LogP contribution >= 0.6 is 0 Å². The smallest absolute Gasteiger partial charge is 0.192 e. The van der Waals surface area contributed by atoms with Gasteiger partial charge in [-0.2, -0.15) is 0 Å². The SMILES string of the molecule is [C-]#[N+]c1ccc(-c2[c-]c(-c3ccccn3)ccc2)c2c1C(C)(C)C(c1ccccc1O)=N2.[Pt]. The number of aromatic hydroxyl groups is 1. The van der Waals surface area contributed by atoms with Crippen LogP contribution < -0.4 is 0 Å². The number of nitrogens with zero attached hydrogens (tertiary/aromatic N) is 3. The van der Waals surface area contributed by atoms with Crippen molar-refractivity contribution in [3.8, 4) is 28.1 Å². The standard InChI is InChI=1S/C28H20N3O.Pt/c1-28(2)25-23(29-3)15-14-20(26(25)31-27(28)21-11-4-5-13-24(21)32)18-9-8-10-19(17-18)22-12-6-7-16-30-22;/h4-16,32H,1-2H3;/q-1;. The number of aromatic nitrogens is 1. The topological polar surface area (TPSA) is 49.8 Å². The van der Waals surface area contributed by atoms with E-state index in [0.29, 0.717) is 11.3 Å². The summed E-state index contributed by atoms with van der Waals surface area (Å²) in [6, 6.07) is 26.3. The molecule has 1 N–H and O–H groups in total. The summed E-state index contributed by atoms with van der Waals surface area (Å²) in [4.78, 5) is 13.2. The van der Waals surface area contributed by atoms with Crippen LogP contribution in [0.3, 0.4) is 0 Å². The van der Waals surface area contributed by atoms with Gasteiger partial charge in [-0.3, -0.25) is 9.98 Å². The maximum absolute atomic E-state index is 10.5. The van der Waals surface area contributed by atoms with Crippen molar-refractivity contribution in [2.75, 3.05) is 0 Å². The molecule has 2 heterocycles. The summed E-state index contributed by atoms with van der Waals surface area (Å²) < 4.78 is 0. The van der Waals surface area contributed by atoms with Crippen molar-refractivity contribution in [1.82, 2.24) is 4.98 Å². The molecule has 1 aliphatic heterocycles. The molecule has 164 valence electrons. The summed E-state index contributed by atoms with van der Waals surface area (Å²) >= 11 is 0. The van der Waals surface area contributed by atoms with Gasteiger partial charge in [-0.15, -0.1) is 29.8 Å². The zero-order valence-corrected chi connectivity index (χ0v) is 20.4. The Labute approximate surface area is 207 Å². The quantitative estimate of drug-likeness (QED) is 0.258. The monoisotopic (exact) mass is 609 g/mol. The normalized spacial score (nSPS) is 13.4. The van der Waals surface area contributed by atoms with Crippen LogP contribution in [0, 0.1) is 12.6 Å². The molecule has 0 radical (unpaired) electrons. The van der Waals surface area contributed by atoms with Gasteiger partial charge in [0.25, 0.3) is 0 Å². The summed E-state index contributed by atoms with van der Waals surface area (Å²) in [5.41, 5.74) is 6.65. The van der Waals surface area contributed by atoms with Crippen LogP contribution in [0.15, 0.2) is 84.0 Å². The van der Waals surface area contributed by atoms with E-state index in [2.05, 4.69) is 29.7 Å². The molecule has 1 aromatic heterocycles. The van der Waals surface area contributed by atoms with Crippen LogP contribution in [0.25, 0.3) is 27.2 Å². The Kier molecular flexibility index (Phi) is 6.02. The minimum atomic E-state index is -0.539. The third-order valence-corrected chi connectivity index (χ3v) is 5.90. The zero-order valence-electron chi connectivity index (χ0n) is 18.1. The van der Waals surface area contributed by atoms with E-state index in [-0.39, 0.29) is 26.8 Å². The number of phenolic OH excluding ortho intramolecular Hbond substituents is 1. The second-order valence-electron chi connectivity index (χ2n) is 8.26. The molecule has 1 aliphatic rings. The minimum absolute atomic E-state index is 0. The largest absolute Gasteiger partial charge is 0.507 e. The Morgan fingerprint density at radius 3 is 2.36 bits per heavy atom. The molecule has 5 heteroatoms. The molecule has 4 nitrogen and oxygen atoms in total. The summed E-state index contributed by atoms with van der Waals surface area (Å²) in [5.74, 6) is 0.182. The van der Waals surface area contributed by atoms with Crippen LogP contribution in [0.5, 0.6) is 5.75 Å². The number of hydrogen-bond donors (Lipinski definition) is 1. The first kappa shape index (κ1) is 22.6. The van der Waals surface area contributed by atoms with Crippen LogP contribution in [-0.2, 0) is 26.5 Å². The molecule has 0 spiro atoms. The van der Waals surface area contributed by atoms with E-state index in [4.69, 9.17) is 11.6 Å². The maximum Gasteiger partial charge on any atom is 0.192 e. The average molecular weight is 610 g/mol. The number of benzene rings is 3. The molecule has 0 atom stereocenters. The first-order chi connectivity index (χ1) is 15.5. The Morgan fingerprint density at radius 1 is 0.879 bits per heavy atom. The van der Waals surface area contributed by atoms with Crippen molar-refractivity contribution in [3.05, 3.63) is 108 Å². The Balaban J connectivity index is 0.00000259. The third-order valence-electron chi connectivity index (χ3n) is 5.90. The average Bonchev–Trinajstić information content (AvgIpc) is 3.10. The van der Waals surface area contributed by atoms with Gasteiger partial charge in [0.05, 0.1) is 12.3 Å². The Bertz CT molecular complexity index is 1420. The summed E-state index contributed by atoms with van der Waals surface area (Å²) in [5, 5.41) is 10.5. The van der Waals surface area contributed by atoms with E-state index in [9.17, 15) is 5.11 Å². The van der Waals surface area contributed by atoms with Crippen molar-refractivity contribution in [2.45, 2.75) is 19.3 Å². The Morgan fingerprint density at radius 2 is 1.64 bits per heavy atom. The molecule has 0 saturated carbocycles. The van der Waals surface area contributed by atoms with Crippen molar-refractivity contribution in [2.24, 2.45) is 4.99 Å². The van der Waals surface area contributed by atoms with Gasteiger partial charge in [-0.1, -0.05) is 61.4 Å². The van der Waals surface area contributed by atoms with Gasteiger partial charge in [0, 0.05) is 49.6 Å². The van der Waals surface area contributed by atoms with Crippen LogP contribution in [0.1, 0.15) is 25.0 Å². The molecule has 0 fully saturated rings. The fraction of sp³-hybridized carbons (Fsp3) is 0.107. The second kappa shape index (κ2) is 8.77. The molecular weight excluding hydrogens is 589 g/mol. The molecule has 0 amide bonds. The number of fused-ring (bicyclic) bond motifs is 1. The van der Waals surface area contributed by atoms with Crippen LogP contribution in [0.4, 0.5) is 11.4 Å². The molecule has 5 rings (SSSR count). The first-order valence-corrected chi connectivity index (χ1v) is 10.4. The number of hydrogen-bond acceptors (Lipinski definition) is 3. The zero-order chi connectivity index (χ0) is 22.3. The molecule has 0 aliphatic carbocycles. The fourth-order valence-corrected chi connectivity index (χ4v) is 4.36. The fourth-order valence-electron chi connectivity index (χ4n) is 4.36. The first-order valence-electron chi connectivity index (χ1n) is 10.4. The minimum Gasteiger partial charge on any atom is -0.507 e. The van der Waals surface area contributed by atoms with Crippen molar-refractivity contribution < 1.29 is 26.2 Å². The van der Waals surface area contributed by atoms with Gasteiger partial charge in [0.2, 0.25) is 0 Å². The molecular formula is C28H20N3OPt-. The summed E-state index contributed by atoms with van der Waals surface area (Å²) in [7, 11) is 0. The van der Waals surface area contributed by atoms with E-state index in [0.717, 1.165) is 39.3 Å². The number of rotatable bonds is 3. The number of phenols is 1. The van der Waals surface area contributed by atoms with E-state index in [1.807, 2.05) is 60.7 Å². The predicted octanol–water partition coefficient (Wildman–Crippen LogP) is 6.88. The van der Waals surface area contributed by atoms with Gasteiger partial charge in [0.1, 0.15) is 5.75 Å². The van der Waals surface area contributed by atoms with Crippen molar-refractivity contribution >= 4 is 17.1 Å². The van der Waals surface area contributed by atoms with Gasteiger partial charge in [0.15, 0.2) is 5.69 Å². The van der Waals surface area contributed by atoms with Gasteiger partial charge < -0.3 is 5.11 Å². The van der Waals surface area contributed by atoms with E-state index in [1.54, 1.807) is 18.3 Å². The predicted molar refractivity (Wildman–Crippen MR) is 128 cm³/mol. The van der Waals surface area contributed by atoms with E-state index < -0.39 is 5.41 Å². The van der Waals surface area contributed by atoms with Gasteiger partial charge in [-0.05, 0) is 23.8 Å². The van der Waals surface area contributed by atoms with E-state index >= 15 is 0 Å². The summed E-state index contributed by atoms with van der Waals surface area (Å²) in [6.07, 6.45) is 1.77. The molecule has 3 aromatic carbocycles. The van der Waals surface area contributed by atoms with Crippen molar-refractivity contribution in [3.63, 3.8) is 0 Å². The van der Waals surface area contributed by atoms with E-state index in [1.165, 1.54) is 0 Å². The summed E-state index contributed by atoms with van der Waals surface area (Å²) in [6.45, 7) is 11.8. The number of para-hydroxylation sites is 1. The van der Waals surface area contributed by atoms with Crippen LogP contribution in [-0.4, -0.2) is 15.8 Å². The molecule has 4 aromatic rings. The van der Waals surface area contributed by atoms with Gasteiger partial charge >= 0.3 is 0 Å². The molecule has 0 unspecified atom stereocenters. The Hall–Kier alpha value is -3.54. The molecule has 0 bridgehead atoms. The number of pyridine rings is 1. The van der Waals surface area contributed by atoms with Crippen LogP contribution in [0.2, 0.25) is 0 Å². The van der Waals surface area contributed by atoms with Crippen molar-refractivity contribution in [1.29, 1.82) is 0 Å². The van der Waals surface area contributed by atoms with Gasteiger partial charge in [-0.25, -0.2) is 4.85 Å². The molecule has 33 heavy (non-hydrogen) atoms. The maximum atomic E-state index is 10.5. The second-order valence-corrected chi connectivity index (χ2v) is 8.26. The number of aliphatic imine (C=N–C) groups is 1. The molecule has 0 saturated heterocycles. The third kappa shape index (κ3) is 3.79.